The van der Waals surface area contributed by atoms with Gasteiger partial charge in [-0.05, 0) is 12.3 Å². The predicted molar refractivity (Wildman–Crippen MR) is 67.3 cm³/mol. The molecular formula is C13H13F3N2O3. The van der Waals surface area contributed by atoms with E-state index in [0.29, 0.717) is 25.1 Å². The van der Waals surface area contributed by atoms with E-state index in [4.69, 9.17) is 5.11 Å². The third kappa shape index (κ3) is 3.65. The maximum atomic E-state index is 13.4. The lowest BCUT2D eigenvalue weighted by atomic mass is 10.1. The number of rotatable bonds is 3. The molecule has 8 heteroatoms. The molecule has 2 N–H and O–H groups in total. The van der Waals surface area contributed by atoms with Crippen molar-refractivity contribution in [3.8, 4) is 0 Å². The SMILES string of the molecule is O=C(O)CC1CCN(C(=O)Nc2cc(F)cc(F)c2F)C1. The maximum absolute atomic E-state index is 13.4. The van der Waals surface area contributed by atoms with Gasteiger partial charge in [-0.15, -0.1) is 0 Å². The first-order chi connectivity index (χ1) is 9.86. The van der Waals surface area contributed by atoms with E-state index in [1.165, 1.54) is 4.90 Å². The average Bonchev–Trinajstić information content (AvgIpc) is 2.83. The van der Waals surface area contributed by atoms with Crippen molar-refractivity contribution in [3.63, 3.8) is 0 Å². The predicted octanol–water partition coefficient (Wildman–Crippen LogP) is 2.43. The van der Waals surface area contributed by atoms with Gasteiger partial charge >= 0.3 is 12.0 Å². The summed E-state index contributed by atoms with van der Waals surface area (Å²) in [4.78, 5) is 23.8. The molecule has 0 radical (unpaired) electrons. The number of hydrogen-bond acceptors (Lipinski definition) is 2. The Bertz CT molecular complexity index is 580. The molecule has 1 atom stereocenters. The van der Waals surface area contributed by atoms with Crippen LogP contribution in [0.5, 0.6) is 0 Å². The summed E-state index contributed by atoms with van der Waals surface area (Å²) in [7, 11) is 0. The van der Waals surface area contributed by atoms with Crippen LogP contribution in [0.3, 0.4) is 0 Å². The van der Waals surface area contributed by atoms with E-state index in [2.05, 4.69) is 5.32 Å². The third-order valence-electron chi connectivity index (χ3n) is 3.27. The van der Waals surface area contributed by atoms with E-state index in [9.17, 15) is 22.8 Å². The number of halogens is 3. The van der Waals surface area contributed by atoms with Crippen LogP contribution in [0.1, 0.15) is 12.8 Å². The van der Waals surface area contributed by atoms with Gasteiger partial charge in [0, 0.05) is 31.6 Å². The van der Waals surface area contributed by atoms with Gasteiger partial charge in [-0.3, -0.25) is 4.79 Å². The fourth-order valence-corrected chi connectivity index (χ4v) is 2.27. The van der Waals surface area contributed by atoms with Gasteiger partial charge in [-0.25, -0.2) is 18.0 Å². The van der Waals surface area contributed by atoms with Gasteiger partial charge in [0.2, 0.25) is 0 Å². The van der Waals surface area contributed by atoms with Crippen LogP contribution in [0, 0.1) is 23.4 Å². The number of carboxylic acids is 1. The molecule has 1 heterocycles. The number of benzene rings is 1. The zero-order chi connectivity index (χ0) is 15.6. The molecule has 1 saturated heterocycles. The molecule has 0 spiro atoms. The topological polar surface area (TPSA) is 69.6 Å². The Hall–Kier alpha value is -2.25. The molecule has 0 aromatic heterocycles. The van der Waals surface area contributed by atoms with Crippen molar-refractivity contribution in [1.82, 2.24) is 4.90 Å². The highest BCUT2D eigenvalue weighted by atomic mass is 19.2. The van der Waals surface area contributed by atoms with Crippen molar-refractivity contribution < 1.29 is 27.9 Å². The molecule has 2 rings (SSSR count). The molecule has 2 amide bonds. The summed E-state index contributed by atoms with van der Waals surface area (Å²) in [5.41, 5.74) is -0.584. The van der Waals surface area contributed by atoms with Crippen LogP contribution in [-0.4, -0.2) is 35.1 Å². The van der Waals surface area contributed by atoms with Crippen LogP contribution in [0.2, 0.25) is 0 Å². The van der Waals surface area contributed by atoms with Crippen LogP contribution in [-0.2, 0) is 4.79 Å². The average molecular weight is 302 g/mol. The normalized spacial score (nSPS) is 17.9. The van der Waals surface area contributed by atoms with E-state index in [1.54, 1.807) is 0 Å². The summed E-state index contributed by atoms with van der Waals surface area (Å²) in [6.07, 6.45) is 0.451. The van der Waals surface area contributed by atoms with Gasteiger partial charge in [0.15, 0.2) is 11.6 Å². The van der Waals surface area contributed by atoms with E-state index in [1.807, 2.05) is 0 Å². The zero-order valence-electron chi connectivity index (χ0n) is 10.9. The Morgan fingerprint density at radius 2 is 2.05 bits per heavy atom. The summed E-state index contributed by atoms with van der Waals surface area (Å²) in [6.45, 7) is 0.515. The maximum Gasteiger partial charge on any atom is 0.321 e. The molecule has 0 aliphatic carbocycles. The first-order valence-corrected chi connectivity index (χ1v) is 6.29. The minimum Gasteiger partial charge on any atom is -0.481 e. The highest BCUT2D eigenvalue weighted by Crippen LogP contribution is 2.23. The number of amides is 2. The lowest BCUT2D eigenvalue weighted by Gasteiger charge is -2.17. The van der Waals surface area contributed by atoms with Crippen molar-refractivity contribution in [2.24, 2.45) is 5.92 Å². The van der Waals surface area contributed by atoms with Crippen LogP contribution >= 0.6 is 0 Å². The van der Waals surface area contributed by atoms with E-state index in [-0.39, 0.29) is 18.9 Å². The van der Waals surface area contributed by atoms with Gasteiger partial charge < -0.3 is 15.3 Å². The number of carbonyl (C=O) groups excluding carboxylic acids is 1. The molecular weight excluding hydrogens is 289 g/mol. The lowest BCUT2D eigenvalue weighted by Crippen LogP contribution is -2.33. The van der Waals surface area contributed by atoms with Gasteiger partial charge in [0.05, 0.1) is 5.69 Å². The summed E-state index contributed by atoms with van der Waals surface area (Å²) >= 11 is 0. The highest BCUT2D eigenvalue weighted by Gasteiger charge is 2.28. The number of urea groups is 1. The Morgan fingerprint density at radius 1 is 1.33 bits per heavy atom. The number of likely N-dealkylation sites (tertiary alicyclic amines) is 1. The Morgan fingerprint density at radius 3 is 2.71 bits per heavy atom. The summed E-state index contributed by atoms with van der Waals surface area (Å²) in [6, 6.07) is 0.344. The van der Waals surface area contributed by atoms with E-state index >= 15 is 0 Å². The van der Waals surface area contributed by atoms with Crippen molar-refractivity contribution in [1.29, 1.82) is 0 Å². The smallest absolute Gasteiger partial charge is 0.321 e. The van der Waals surface area contributed by atoms with Crippen molar-refractivity contribution in [3.05, 3.63) is 29.6 Å². The first-order valence-electron chi connectivity index (χ1n) is 6.29. The van der Waals surface area contributed by atoms with Crippen LogP contribution < -0.4 is 5.32 Å². The number of nitrogens with zero attached hydrogens (tertiary/aromatic N) is 1. The monoisotopic (exact) mass is 302 g/mol. The molecule has 1 aromatic carbocycles. The second-order valence-electron chi connectivity index (χ2n) is 4.88. The second kappa shape index (κ2) is 6.02. The van der Waals surface area contributed by atoms with E-state index < -0.39 is 35.1 Å². The standard InChI is InChI=1S/C13H13F3N2O3/c14-8-4-9(15)12(16)10(5-8)17-13(21)18-2-1-7(6-18)3-11(19)20/h4-5,7H,1-3,6H2,(H,17,21)(H,19,20). The fraction of sp³-hybridized carbons (Fsp3) is 0.385. The Balaban J connectivity index is 2.01. The quantitative estimate of drug-likeness (QED) is 0.843. The number of anilines is 1. The molecule has 0 bridgehead atoms. The summed E-state index contributed by atoms with van der Waals surface area (Å²) < 4.78 is 39.5. The van der Waals surface area contributed by atoms with E-state index in [0.717, 1.165) is 0 Å². The molecule has 0 saturated carbocycles. The van der Waals surface area contributed by atoms with Crippen LogP contribution in [0.15, 0.2) is 12.1 Å². The second-order valence-corrected chi connectivity index (χ2v) is 4.88. The summed E-state index contributed by atoms with van der Waals surface area (Å²) in [5.74, 6) is -4.88. The minimum absolute atomic E-state index is 0.0628. The van der Waals surface area contributed by atoms with Crippen molar-refractivity contribution in [2.75, 3.05) is 18.4 Å². The minimum atomic E-state index is -1.39. The molecule has 1 aliphatic heterocycles. The fourth-order valence-electron chi connectivity index (χ4n) is 2.27. The Labute approximate surface area is 118 Å². The lowest BCUT2D eigenvalue weighted by molar-refractivity contribution is -0.138. The number of carboxylic acid groups (broad SMARTS) is 1. The molecule has 1 fully saturated rings. The number of hydrogen-bond donors (Lipinski definition) is 2. The molecule has 5 nitrogen and oxygen atoms in total. The number of carbonyl (C=O) groups is 2. The molecule has 1 aromatic rings. The first kappa shape index (κ1) is 15.1. The van der Waals surface area contributed by atoms with Gasteiger partial charge in [0.25, 0.3) is 0 Å². The van der Waals surface area contributed by atoms with Gasteiger partial charge in [-0.2, -0.15) is 0 Å². The van der Waals surface area contributed by atoms with Crippen LogP contribution in [0.4, 0.5) is 23.7 Å². The zero-order valence-corrected chi connectivity index (χ0v) is 10.9. The summed E-state index contributed by atoms with van der Waals surface area (Å²) in [5, 5.41) is 10.8. The molecule has 21 heavy (non-hydrogen) atoms. The number of nitrogens with one attached hydrogen (secondary N) is 1. The molecule has 114 valence electrons. The number of aliphatic carboxylic acids is 1. The van der Waals surface area contributed by atoms with Gasteiger partial charge in [0.1, 0.15) is 5.82 Å². The van der Waals surface area contributed by atoms with Gasteiger partial charge in [-0.1, -0.05) is 0 Å². The molecule has 1 aliphatic rings. The van der Waals surface area contributed by atoms with Crippen molar-refractivity contribution in [2.45, 2.75) is 12.8 Å². The highest BCUT2D eigenvalue weighted by molar-refractivity contribution is 5.89. The van der Waals surface area contributed by atoms with Crippen molar-refractivity contribution >= 4 is 17.7 Å². The third-order valence-corrected chi connectivity index (χ3v) is 3.27. The Kier molecular flexibility index (Phi) is 4.35. The largest absolute Gasteiger partial charge is 0.481 e. The van der Waals surface area contributed by atoms with Crippen LogP contribution in [0.25, 0.3) is 0 Å². The molecule has 1 unspecified atom stereocenters.